The molecule has 0 bridgehead atoms. The van der Waals surface area contributed by atoms with Crippen molar-refractivity contribution < 1.29 is 28.6 Å². The summed E-state index contributed by atoms with van der Waals surface area (Å²) in [6.07, 6.45) is 3.10. The van der Waals surface area contributed by atoms with E-state index in [9.17, 15) is 19.7 Å². The van der Waals surface area contributed by atoms with Gasteiger partial charge in [-0.3, -0.25) is 29.7 Å². The molecule has 1 aliphatic rings. The van der Waals surface area contributed by atoms with Gasteiger partial charge in [0.15, 0.2) is 0 Å². The van der Waals surface area contributed by atoms with Crippen molar-refractivity contribution in [2.75, 3.05) is 27.2 Å². The third kappa shape index (κ3) is 5.90. The second-order valence-electron chi connectivity index (χ2n) is 5.26. The molecule has 0 unspecified atom stereocenters. The van der Waals surface area contributed by atoms with Crippen LogP contribution in [-0.4, -0.2) is 61.3 Å². The maximum Gasteiger partial charge on any atom is 0.814 e. The fourth-order valence-electron chi connectivity index (χ4n) is 1.92. The zero-order valence-electron chi connectivity index (χ0n) is 13.7. The molecule has 0 aliphatic carbocycles. The average molecular weight is 349 g/mol. The molecule has 0 aromatic heterocycles. The molecule has 1 fully saturated rings. The zero-order chi connectivity index (χ0) is 18.4. The first-order valence-corrected chi connectivity index (χ1v) is 7.23. The smallest absolute Gasteiger partial charge is 0.471 e. The van der Waals surface area contributed by atoms with Gasteiger partial charge >= 0.3 is 19.3 Å². The van der Waals surface area contributed by atoms with Crippen LogP contribution in [0.2, 0.25) is 0 Å². The van der Waals surface area contributed by atoms with Crippen molar-refractivity contribution in [1.29, 1.82) is 0 Å². The first kappa shape index (κ1) is 18.4. The van der Waals surface area contributed by atoms with Crippen molar-refractivity contribution in [3.05, 3.63) is 46.1 Å². The third-order valence-electron chi connectivity index (χ3n) is 3.09. The van der Waals surface area contributed by atoms with Crippen molar-refractivity contribution >= 4 is 31.0 Å². The molecule has 0 amide bonds. The Kier molecular flexibility index (Phi) is 6.09. The van der Waals surface area contributed by atoms with E-state index in [1.165, 1.54) is 35.3 Å². The molecular formula is C14H16BN3O7. The van der Waals surface area contributed by atoms with Crippen LogP contribution < -0.4 is 0 Å². The number of carbonyl (C=O) groups is 2. The molecule has 1 heterocycles. The molecule has 2 rings (SSSR count). The molecule has 25 heavy (non-hydrogen) atoms. The van der Waals surface area contributed by atoms with Gasteiger partial charge in [0.05, 0.1) is 18.0 Å². The number of hydrogen-bond donors (Lipinski definition) is 0. The first-order chi connectivity index (χ1) is 11.8. The number of nitrogens with zero attached hydrogens (tertiary/aromatic N) is 3. The minimum Gasteiger partial charge on any atom is -0.471 e. The molecule has 1 aliphatic heterocycles. The topological polar surface area (TPSA) is 111 Å². The Morgan fingerprint density at radius 1 is 1.24 bits per heavy atom. The maximum absolute atomic E-state index is 11.6. The predicted molar refractivity (Wildman–Crippen MR) is 86.4 cm³/mol. The van der Waals surface area contributed by atoms with Crippen molar-refractivity contribution in [1.82, 2.24) is 9.96 Å². The fraction of sp³-hybridized carbons (Fsp3) is 0.286. The lowest BCUT2D eigenvalue weighted by atomic mass is 10.2. The molecule has 1 aromatic carbocycles. The van der Waals surface area contributed by atoms with Crippen LogP contribution in [-0.2, 0) is 23.7 Å². The van der Waals surface area contributed by atoms with Gasteiger partial charge in [-0.2, -0.15) is 0 Å². The molecule has 0 atom stereocenters. The van der Waals surface area contributed by atoms with Crippen molar-refractivity contribution in [2.24, 2.45) is 0 Å². The van der Waals surface area contributed by atoms with E-state index in [2.05, 4.69) is 0 Å². The minimum absolute atomic E-state index is 0.0138. The van der Waals surface area contributed by atoms with E-state index < -0.39 is 24.2 Å². The molecule has 1 saturated heterocycles. The molecule has 0 radical (unpaired) electrons. The Labute approximate surface area is 143 Å². The second kappa shape index (κ2) is 8.26. The molecule has 0 N–H and O–H groups in total. The number of rotatable bonds is 5. The first-order valence-electron chi connectivity index (χ1n) is 7.23. The highest BCUT2D eigenvalue weighted by molar-refractivity contribution is 6.41. The SMILES string of the molecule is CN1CC(=O)OB(ON(C)/C=C/c2ccc([N+](=O)[O-])cc2)OC(=O)C1. The van der Waals surface area contributed by atoms with E-state index in [0.717, 1.165) is 0 Å². The van der Waals surface area contributed by atoms with Crippen LogP contribution in [0.5, 0.6) is 0 Å². The summed E-state index contributed by atoms with van der Waals surface area (Å²) in [4.78, 5) is 34.7. The Bertz CT molecular complexity index is 660. The highest BCUT2D eigenvalue weighted by atomic mass is 16.8. The minimum atomic E-state index is -1.49. The Morgan fingerprint density at radius 2 is 1.80 bits per heavy atom. The van der Waals surface area contributed by atoms with E-state index in [0.29, 0.717) is 5.56 Å². The van der Waals surface area contributed by atoms with Crippen molar-refractivity contribution in [2.45, 2.75) is 0 Å². The fourth-order valence-corrected chi connectivity index (χ4v) is 1.92. The van der Waals surface area contributed by atoms with E-state index in [4.69, 9.17) is 14.1 Å². The highest BCUT2D eigenvalue weighted by Crippen LogP contribution is 2.13. The van der Waals surface area contributed by atoms with Gasteiger partial charge in [0.2, 0.25) is 0 Å². The lowest BCUT2D eigenvalue weighted by Gasteiger charge is -2.23. The molecule has 0 saturated carbocycles. The number of hydrogen-bond acceptors (Lipinski definition) is 9. The normalized spacial score (nSPS) is 16.2. The van der Waals surface area contributed by atoms with E-state index in [1.807, 2.05) is 0 Å². The van der Waals surface area contributed by atoms with Gasteiger partial charge in [-0.1, -0.05) is 0 Å². The summed E-state index contributed by atoms with van der Waals surface area (Å²) in [7, 11) is 1.61. The predicted octanol–water partition coefficient (Wildman–Crippen LogP) is 0.446. The van der Waals surface area contributed by atoms with Crippen LogP contribution in [0, 0.1) is 10.1 Å². The van der Waals surface area contributed by atoms with Crippen LogP contribution in [0.1, 0.15) is 5.56 Å². The summed E-state index contributed by atoms with van der Waals surface area (Å²) >= 11 is 0. The molecule has 1 aromatic rings. The quantitative estimate of drug-likeness (QED) is 0.425. The number of non-ortho nitro benzene ring substituents is 1. The number of hydroxylamine groups is 2. The standard InChI is InChI=1S/C14H16BN3O7/c1-16-9-13(19)23-15(24-14(20)10-16)25-17(2)8-7-11-3-5-12(6-4-11)18(21)22/h3-8H,9-10H2,1-2H3/b8-7+. The summed E-state index contributed by atoms with van der Waals surface area (Å²) in [5, 5.41) is 11.8. The zero-order valence-corrected chi connectivity index (χ0v) is 13.7. The maximum atomic E-state index is 11.6. The Morgan fingerprint density at radius 3 is 2.32 bits per heavy atom. The summed E-state index contributed by atoms with van der Waals surface area (Å²) in [6.45, 7) is -0.116. The van der Waals surface area contributed by atoms with Crippen molar-refractivity contribution in [3.8, 4) is 0 Å². The lowest BCUT2D eigenvalue weighted by molar-refractivity contribution is -0.384. The van der Waals surface area contributed by atoms with Gasteiger partial charge in [0.25, 0.3) is 5.69 Å². The van der Waals surface area contributed by atoms with Gasteiger partial charge in [0.1, 0.15) is 0 Å². The van der Waals surface area contributed by atoms with Gasteiger partial charge in [-0.15, -0.1) is 0 Å². The number of benzene rings is 1. The summed E-state index contributed by atoms with van der Waals surface area (Å²) in [5.41, 5.74) is 0.675. The molecule has 11 heteroatoms. The Balaban J connectivity index is 1.93. The van der Waals surface area contributed by atoms with Crippen LogP contribution >= 0.6 is 0 Å². The van der Waals surface area contributed by atoms with Crippen molar-refractivity contribution in [3.63, 3.8) is 0 Å². The van der Waals surface area contributed by atoms with E-state index in [-0.39, 0.29) is 18.8 Å². The Hall–Kier alpha value is -2.92. The van der Waals surface area contributed by atoms with Gasteiger partial charge in [-0.25, -0.2) is 4.76 Å². The second-order valence-corrected chi connectivity index (χ2v) is 5.26. The monoisotopic (exact) mass is 349 g/mol. The molecular weight excluding hydrogens is 333 g/mol. The van der Waals surface area contributed by atoms with Gasteiger partial charge in [0, 0.05) is 25.4 Å². The number of carbonyl (C=O) groups excluding carboxylic acids is 2. The number of nitro groups is 1. The largest absolute Gasteiger partial charge is 0.814 e. The van der Waals surface area contributed by atoms with Crippen LogP contribution in [0.3, 0.4) is 0 Å². The lowest BCUT2D eigenvalue weighted by Crippen LogP contribution is -2.45. The third-order valence-corrected chi connectivity index (χ3v) is 3.09. The molecule has 132 valence electrons. The van der Waals surface area contributed by atoms with Crippen LogP contribution in [0.15, 0.2) is 30.5 Å². The number of nitro benzene ring substituents is 1. The highest BCUT2D eigenvalue weighted by Gasteiger charge is 2.36. The van der Waals surface area contributed by atoms with Gasteiger partial charge in [-0.05, 0) is 30.8 Å². The van der Waals surface area contributed by atoms with E-state index in [1.54, 1.807) is 25.3 Å². The summed E-state index contributed by atoms with van der Waals surface area (Å²) in [5.74, 6) is -1.18. The summed E-state index contributed by atoms with van der Waals surface area (Å²) < 4.78 is 15.0. The van der Waals surface area contributed by atoms with Gasteiger partial charge < -0.3 is 9.31 Å². The van der Waals surface area contributed by atoms with E-state index >= 15 is 0 Å². The molecule has 10 nitrogen and oxygen atoms in total. The summed E-state index contributed by atoms with van der Waals surface area (Å²) in [6, 6.07) is 5.87. The molecule has 0 spiro atoms. The average Bonchev–Trinajstić information content (AvgIpc) is 2.51. The number of likely N-dealkylation sites (N-methyl/N-ethyl adjacent to an activating group) is 1. The van der Waals surface area contributed by atoms with Crippen LogP contribution in [0.4, 0.5) is 5.69 Å². The van der Waals surface area contributed by atoms with Crippen LogP contribution in [0.25, 0.3) is 6.08 Å².